The first-order chi connectivity index (χ1) is 9.17. The van der Waals surface area contributed by atoms with Crippen molar-refractivity contribution in [1.82, 2.24) is 4.90 Å². The van der Waals surface area contributed by atoms with Crippen molar-refractivity contribution in [2.45, 2.75) is 13.0 Å². The zero-order chi connectivity index (χ0) is 14.1. The Morgan fingerprint density at radius 1 is 1.16 bits per heavy atom. The van der Waals surface area contributed by atoms with Crippen molar-refractivity contribution >= 4 is 17.3 Å². The Balaban J connectivity index is 2.61. The highest BCUT2D eigenvalue weighted by Gasteiger charge is 2.09. The van der Waals surface area contributed by atoms with Gasteiger partial charge in [0.1, 0.15) is 0 Å². The highest BCUT2D eigenvalue weighted by atomic mass is 35.5. The molecule has 0 aromatic heterocycles. The summed E-state index contributed by atoms with van der Waals surface area (Å²) in [6.45, 7) is 4.05. The molecule has 5 heteroatoms. The number of hydrogen-bond donors (Lipinski definition) is 1. The lowest BCUT2D eigenvalue weighted by molar-refractivity contribution is 0.129. The van der Waals surface area contributed by atoms with Crippen LogP contribution < -0.4 is 5.73 Å². The number of benzene rings is 1. The molecule has 1 rings (SSSR count). The number of methoxy groups -OCH3 is 2. The summed E-state index contributed by atoms with van der Waals surface area (Å²) in [5.41, 5.74) is 7.59. The van der Waals surface area contributed by atoms with Gasteiger partial charge in [0.15, 0.2) is 0 Å². The summed E-state index contributed by atoms with van der Waals surface area (Å²) < 4.78 is 10.2. The predicted molar refractivity (Wildman–Crippen MR) is 79.5 cm³/mol. The van der Waals surface area contributed by atoms with Gasteiger partial charge in [-0.1, -0.05) is 11.6 Å². The maximum absolute atomic E-state index is 6.20. The fraction of sp³-hybridized carbons (Fsp3) is 0.571. The van der Waals surface area contributed by atoms with Crippen LogP contribution in [-0.2, 0) is 16.0 Å². The lowest BCUT2D eigenvalue weighted by Gasteiger charge is -2.22. The van der Waals surface area contributed by atoms with Gasteiger partial charge in [-0.3, -0.25) is 4.90 Å². The van der Waals surface area contributed by atoms with E-state index in [0.29, 0.717) is 6.61 Å². The van der Waals surface area contributed by atoms with E-state index in [-0.39, 0.29) is 0 Å². The lowest BCUT2D eigenvalue weighted by Crippen LogP contribution is -2.29. The van der Waals surface area contributed by atoms with Crippen LogP contribution in [0.15, 0.2) is 18.2 Å². The van der Waals surface area contributed by atoms with Crippen molar-refractivity contribution < 1.29 is 9.47 Å². The number of rotatable bonds is 9. The van der Waals surface area contributed by atoms with Crippen LogP contribution in [0.3, 0.4) is 0 Å². The van der Waals surface area contributed by atoms with Crippen LogP contribution in [-0.4, -0.2) is 45.4 Å². The van der Waals surface area contributed by atoms with E-state index in [1.54, 1.807) is 14.2 Å². The Morgan fingerprint density at radius 3 is 2.58 bits per heavy atom. The maximum Gasteiger partial charge on any atom is 0.0589 e. The summed E-state index contributed by atoms with van der Waals surface area (Å²) in [6, 6.07) is 5.59. The van der Waals surface area contributed by atoms with E-state index in [1.807, 2.05) is 18.2 Å². The molecule has 0 spiro atoms. The molecule has 108 valence electrons. The van der Waals surface area contributed by atoms with E-state index < -0.39 is 0 Å². The summed E-state index contributed by atoms with van der Waals surface area (Å²) in [5.74, 6) is 0. The second kappa shape index (κ2) is 9.15. The van der Waals surface area contributed by atoms with Gasteiger partial charge in [0.2, 0.25) is 0 Å². The van der Waals surface area contributed by atoms with Crippen LogP contribution in [0.5, 0.6) is 0 Å². The van der Waals surface area contributed by atoms with E-state index in [0.717, 1.165) is 48.9 Å². The van der Waals surface area contributed by atoms with Gasteiger partial charge in [-0.2, -0.15) is 0 Å². The molecule has 0 saturated heterocycles. The predicted octanol–water partition coefficient (Wildman–Crippen LogP) is 2.41. The van der Waals surface area contributed by atoms with E-state index >= 15 is 0 Å². The van der Waals surface area contributed by atoms with Gasteiger partial charge in [0.05, 0.1) is 6.61 Å². The minimum absolute atomic E-state index is 0.701. The third kappa shape index (κ3) is 6.25. The van der Waals surface area contributed by atoms with Gasteiger partial charge in [-0.25, -0.2) is 0 Å². The topological polar surface area (TPSA) is 47.7 Å². The number of nitrogen functional groups attached to an aromatic ring is 1. The minimum Gasteiger partial charge on any atom is -0.399 e. The Bertz CT molecular complexity index is 374. The number of hydrogen-bond acceptors (Lipinski definition) is 4. The monoisotopic (exact) mass is 286 g/mol. The quantitative estimate of drug-likeness (QED) is 0.559. The molecule has 0 radical (unpaired) electrons. The smallest absolute Gasteiger partial charge is 0.0589 e. The standard InChI is InChI=1S/C14H23ClN2O2/c1-18-8-3-6-17(7-9-19-2)11-12-10-13(16)4-5-14(12)15/h4-5,10H,3,6-9,11,16H2,1-2H3. The molecule has 1 aromatic carbocycles. The maximum atomic E-state index is 6.20. The zero-order valence-electron chi connectivity index (χ0n) is 11.7. The van der Waals surface area contributed by atoms with E-state index in [4.69, 9.17) is 26.8 Å². The Kier molecular flexibility index (Phi) is 7.82. The third-order valence-corrected chi connectivity index (χ3v) is 3.27. The number of nitrogens with zero attached hydrogens (tertiary/aromatic N) is 1. The molecular formula is C14H23ClN2O2. The fourth-order valence-corrected chi connectivity index (χ4v) is 2.06. The van der Waals surface area contributed by atoms with Gasteiger partial charge in [0.25, 0.3) is 0 Å². The summed E-state index contributed by atoms with van der Waals surface area (Å²) in [7, 11) is 3.43. The minimum atomic E-state index is 0.701. The van der Waals surface area contributed by atoms with Crippen LogP contribution in [0, 0.1) is 0 Å². The first-order valence-electron chi connectivity index (χ1n) is 6.41. The van der Waals surface area contributed by atoms with Crippen LogP contribution in [0.1, 0.15) is 12.0 Å². The SMILES string of the molecule is COCCCN(CCOC)Cc1cc(N)ccc1Cl. The molecule has 0 aliphatic heterocycles. The molecular weight excluding hydrogens is 264 g/mol. The molecule has 1 aromatic rings. The Labute approximate surface area is 120 Å². The first kappa shape index (κ1) is 16.2. The van der Waals surface area contributed by atoms with Gasteiger partial charge in [0, 0.05) is 51.2 Å². The molecule has 0 amide bonds. The molecule has 2 N–H and O–H groups in total. The molecule has 0 bridgehead atoms. The van der Waals surface area contributed by atoms with Gasteiger partial charge >= 0.3 is 0 Å². The third-order valence-electron chi connectivity index (χ3n) is 2.90. The Hall–Kier alpha value is -0.810. The van der Waals surface area contributed by atoms with Gasteiger partial charge in [-0.15, -0.1) is 0 Å². The molecule has 0 unspecified atom stereocenters. The molecule has 4 nitrogen and oxygen atoms in total. The molecule has 19 heavy (non-hydrogen) atoms. The molecule has 0 saturated carbocycles. The van der Waals surface area contributed by atoms with E-state index in [2.05, 4.69) is 4.90 Å². The van der Waals surface area contributed by atoms with Crippen LogP contribution in [0.2, 0.25) is 5.02 Å². The van der Waals surface area contributed by atoms with Crippen molar-refractivity contribution in [2.24, 2.45) is 0 Å². The molecule has 0 aliphatic carbocycles. The van der Waals surface area contributed by atoms with Crippen LogP contribution in [0.4, 0.5) is 5.69 Å². The number of halogens is 1. The van der Waals surface area contributed by atoms with Gasteiger partial charge in [-0.05, 0) is 30.2 Å². The summed E-state index contributed by atoms with van der Waals surface area (Å²) in [5, 5.41) is 0.753. The summed E-state index contributed by atoms with van der Waals surface area (Å²) >= 11 is 6.20. The van der Waals surface area contributed by atoms with Crippen molar-refractivity contribution in [2.75, 3.05) is 46.3 Å². The number of nitrogens with two attached hydrogens (primary N) is 1. The summed E-state index contributed by atoms with van der Waals surface area (Å²) in [6.07, 6.45) is 0.986. The second-order valence-corrected chi connectivity index (χ2v) is 4.87. The molecule has 0 fully saturated rings. The highest BCUT2D eigenvalue weighted by molar-refractivity contribution is 6.31. The largest absolute Gasteiger partial charge is 0.399 e. The number of ether oxygens (including phenoxy) is 2. The van der Waals surface area contributed by atoms with Crippen molar-refractivity contribution in [3.8, 4) is 0 Å². The molecule has 0 atom stereocenters. The number of anilines is 1. The fourth-order valence-electron chi connectivity index (χ4n) is 1.88. The van der Waals surface area contributed by atoms with Crippen LogP contribution >= 0.6 is 11.6 Å². The average molecular weight is 287 g/mol. The lowest BCUT2D eigenvalue weighted by atomic mass is 10.2. The van der Waals surface area contributed by atoms with Crippen molar-refractivity contribution in [3.63, 3.8) is 0 Å². The normalized spacial score (nSPS) is 11.2. The molecule has 0 heterocycles. The van der Waals surface area contributed by atoms with Crippen LogP contribution in [0.25, 0.3) is 0 Å². The summed E-state index contributed by atoms with van der Waals surface area (Å²) in [4.78, 5) is 2.29. The molecule has 0 aliphatic rings. The zero-order valence-corrected chi connectivity index (χ0v) is 12.4. The highest BCUT2D eigenvalue weighted by Crippen LogP contribution is 2.20. The Morgan fingerprint density at radius 2 is 1.89 bits per heavy atom. The van der Waals surface area contributed by atoms with Gasteiger partial charge < -0.3 is 15.2 Å². The van der Waals surface area contributed by atoms with E-state index in [1.165, 1.54) is 0 Å². The van der Waals surface area contributed by atoms with E-state index in [9.17, 15) is 0 Å². The first-order valence-corrected chi connectivity index (χ1v) is 6.79. The van der Waals surface area contributed by atoms with Crippen molar-refractivity contribution in [3.05, 3.63) is 28.8 Å². The van der Waals surface area contributed by atoms with Crippen molar-refractivity contribution in [1.29, 1.82) is 0 Å². The average Bonchev–Trinajstić information content (AvgIpc) is 2.40. The second-order valence-electron chi connectivity index (χ2n) is 4.47.